The minimum atomic E-state index is -4.17. The average molecular weight is 150 g/mol. The Morgan fingerprint density at radius 2 is 2.00 bits per heavy atom. The summed E-state index contributed by atoms with van der Waals surface area (Å²) >= 11 is 0. The van der Waals surface area contributed by atoms with Crippen molar-refractivity contribution in [2.75, 3.05) is 6.61 Å². The monoisotopic (exact) mass is 150 g/mol. The summed E-state index contributed by atoms with van der Waals surface area (Å²) in [5.74, 6) is 0. The summed E-state index contributed by atoms with van der Waals surface area (Å²) < 4.78 is 30.7. The van der Waals surface area contributed by atoms with Gasteiger partial charge in [0.2, 0.25) is 0 Å². The molecule has 0 rings (SSSR count). The first-order valence-corrected chi connectivity index (χ1v) is 3.04. The van der Waals surface area contributed by atoms with Crippen molar-refractivity contribution in [2.24, 2.45) is 0 Å². The van der Waals surface area contributed by atoms with Crippen LogP contribution in [-0.2, 0) is 14.6 Å². The van der Waals surface area contributed by atoms with Crippen LogP contribution < -0.4 is 0 Å². The van der Waals surface area contributed by atoms with E-state index in [1.807, 2.05) is 0 Å². The first kappa shape index (κ1) is 11.6. The van der Waals surface area contributed by atoms with Crippen LogP contribution in [0.2, 0.25) is 0 Å². The zero-order chi connectivity index (χ0) is 5.91. The molecule has 0 atom stereocenters. The molecule has 0 radical (unpaired) electrons. The Labute approximate surface area is 70.5 Å². The van der Waals surface area contributed by atoms with Crippen molar-refractivity contribution >= 4 is 40.0 Å². The molecule has 8 heavy (non-hydrogen) atoms. The van der Waals surface area contributed by atoms with Crippen LogP contribution in [0.3, 0.4) is 0 Å². The first-order chi connectivity index (χ1) is 3.06. The van der Waals surface area contributed by atoms with Gasteiger partial charge in [0.05, 0.1) is 6.61 Å². The summed E-state index contributed by atoms with van der Waals surface area (Å²) in [5.41, 5.74) is 0. The van der Waals surface area contributed by atoms with E-state index in [-0.39, 0.29) is 36.2 Å². The van der Waals surface area contributed by atoms with Gasteiger partial charge in [-0.25, -0.2) is 4.18 Å². The van der Waals surface area contributed by atoms with E-state index in [2.05, 4.69) is 4.18 Å². The van der Waals surface area contributed by atoms with Crippen molar-refractivity contribution in [3.05, 3.63) is 0 Å². The molecule has 0 aromatic carbocycles. The normalized spacial score (nSPS) is 10.2. The molecule has 0 fully saturated rings. The standard InChI is InChI=1S/C2H6O4S.Na.H/c1-2-6-7(3,4)5;;/h2H2,1H3,(H,3,4,5);;. The van der Waals surface area contributed by atoms with E-state index in [0.29, 0.717) is 0 Å². The summed E-state index contributed by atoms with van der Waals surface area (Å²) in [4.78, 5) is 0. The summed E-state index contributed by atoms with van der Waals surface area (Å²) in [5, 5.41) is 0. The van der Waals surface area contributed by atoms with Crippen molar-refractivity contribution in [2.45, 2.75) is 6.92 Å². The van der Waals surface area contributed by atoms with Crippen LogP contribution in [0.15, 0.2) is 0 Å². The second kappa shape index (κ2) is 4.72. The molecule has 0 saturated carbocycles. The Kier molecular flexibility index (Phi) is 6.87. The van der Waals surface area contributed by atoms with Crippen molar-refractivity contribution in [1.82, 2.24) is 0 Å². The molecule has 0 saturated heterocycles. The molecule has 0 heterocycles. The van der Waals surface area contributed by atoms with Gasteiger partial charge >= 0.3 is 40.0 Å². The molecule has 0 aromatic rings. The SMILES string of the molecule is CCOS(=O)(=O)O.[NaH]. The first-order valence-electron chi connectivity index (χ1n) is 1.68. The van der Waals surface area contributed by atoms with Gasteiger partial charge in [0.1, 0.15) is 0 Å². The molecule has 4 nitrogen and oxygen atoms in total. The van der Waals surface area contributed by atoms with Gasteiger partial charge in [-0.05, 0) is 6.92 Å². The summed E-state index contributed by atoms with van der Waals surface area (Å²) in [6.45, 7) is 1.44. The molecule has 6 heteroatoms. The van der Waals surface area contributed by atoms with Gasteiger partial charge < -0.3 is 0 Å². The van der Waals surface area contributed by atoms with E-state index in [1.165, 1.54) is 6.92 Å². The Hall–Kier alpha value is 0.870. The van der Waals surface area contributed by atoms with E-state index in [9.17, 15) is 8.42 Å². The van der Waals surface area contributed by atoms with Crippen molar-refractivity contribution in [1.29, 1.82) is 0 Å². The molecular formula is C2H7NaO4S. The molecular weight excluding hydrogens is 143 g/mol. The predicted octanol–water partition coefficient (Wildman–Crippen LogP) is -0.823. The van der Waals surface area contributed by atoms with Gasteiger partial charge in [-0.2, -0.15) is 8.42 Å². The van der Waals surface area contributed by atoms with Crippen molar-refractivity contribution in [3.8, 4) is 0 Å². The van der Waals surface area contributed by atoms with E-state index in [0.717, 1.165) is 0 Å². The van der Waals surface area contributed by atoms with Crippen molar-refractivity contribution < 1.29 is 17.2 Å². The molecule has 0 aliphatic rings. The van der Waals surface area contributed by atoms with E-state index in [1.54, 1.807) is 0 Å². The Morgan fingerprint density at radius 3 is 2.00 bits per heavy atom. The second-order valence-electron chi connectivity index (χ2n) is 0.834. The quantitative estimate of drug-likeness (QED) is 0.412. The van der Waals surface area contributed by atoms with E-state index in [4.69, 9.17) is 4.55 Å². The van der Waals surface area contributed by atoms with Crippen LogP contribution in [0.5, 0.6) is 0 Å². The van der Waals surface area contributed by atoms with Gasteiger partial charge in [-0.1, -0.05) is 0 Å². The molecule has 0 bridgehead atoms. The Balaban J connectivity index is 0. The molecule has 0 unspecified atom stereocenters. The van der Waals surface area contributed by atoms with Crippen LogP contribution >= 0.6 is 0 Å². The van der Waals surface area contributed by atoms with Crippen LogP contribution in [0.4, 0.5) is 0 Å². The zero-order valence-electron chi connectivity index (χ0n) is 3.79. The van der Waals surface area contributed by atoms with Gasteiger partial charge in [-0.15, -0.1) is 0 Å². The minimum absolute atomic E-state index is 0. The Morgan fingerprint density at radius 1 is 1.62 bits per heavy atom. The molecule has 0 aromatic heterocycles. The molecule has 1 N–H and O–H groups in total. The van der Waals surface area contributed by atoms with E-state index < -0.39 is 10.4 Å². The fourth-order valence-corrected chi connectivity index (χ4v) is 0.447. The maximum absolute atomic E-state index is 9.56. The summed E-state index contributed by atoms with van der Waals surface area (Å²) in [6.07, 6.45) is 0. The third-order valence-electron chi connectivity index (χ3n) is 0.267. The summed E-state index contributed by atoms with van der Waals surface area (Å²) in [6, 6.07) is 0. The van der Waals surface area contributed by atoms with Gasteiger partial charge in [-0.3, -0.25) is 4.55 Å². The summed E-state index contributed by atoms with van der Waals surface area (Å²) in [7, 11) is -4.17. The van der Waals surface area contributed by atoms with Gasteiger partial charge in [0.15, 0.2) is 0 Å². The average Bonchev–Trinajstić information content (AvgIpc) is 1.30. The fourth-order valence-electron chi connectivity index (χ4n) is 0.149. The fraction of sp³-hybridized carbons (Fsp3) is 1.00. The predicted molar refractivity (Wildman–Crippen MR) is 30.3 cm³/mol. The maximum atomic E-state index is 9.56. The number of hydrogen-bond acceptors (Lipinski definition) is 3. The van der Waals surface area contributed by atoms with Gasteiger partial charge in [0, 0.05) is 0 Å². The van der Waals surface area contributed by atoms with Crippen LogP contribution in [0.25, 0.3) is 0 Å². The zero-order valence-corrected chi connectivity index (χ0v) is 4.60. The molecule has 46 valence electrons. The van der Waals surface area contributed by atoms with Crippen LogP contribution in [0.1, 0.15) is 6.92 Å². The van der Waals surface area contributed by atoms with Crippen LogP contribution in [0, 0.1) is 0 Å². The topological polar surface area (TPSA) is 63.6 Å². The molecule has 0 spiro atoms. The van der Waals surface area contributed by atoms with E-state index >= 15 is 0 Å². The second-order valence-corrected chi connectivity index (χ2v) is 1.93. The third kappa shape index (κ3) is 9.98. The molecule has 0 aliphatic heterocycles. The van der Waals surface area contributed by atoms with Gasteiger partial charge in [0.25, 0.3) is 0 Å². The number of rotatable bonds is 2. The third-order valence-corrected chi connectivity index (χ3v) is 0.800. The number of hydrogen-bond donors (Lipinski definition) is 1. The molecule has 0 amide bonds. The van der Waals surface area contributed by atoms with Crippen LogP contribution in [-0.4, -0.2) is 49.1 Å². The Bertz CT molecular complexity index is 127. The van der Waals surface area contributed by atoms with Crippen molar-refractivity contribution in [3.63, 3.8) is 0 Å². The molecule has 0 aliphatic carbocycles.